The van der Waals surface area contributed by atoms with Crippen LogP contribution in [0.3, 0.4) is 0 Å². The molecule has 2 aromatic heterocycles. The van der Waals surface area contributed by atoms with E-state index in [1.807, 2.05) is 17.5 Å². The van der Waals surface area contributed by atoms with Crippen LogP contribution in [0, 0.1) is 5.82 Å². The van der Waals surface area contributed by atoms with Crippen molar-refractivity contribution in [3.63, 3.8) is 0 Å². The molecule has 3 aromatic rings. The van der Waals surface area contributed by atoms with Crippen LogP contribution in [0.2, 0.25) is 0 Å². The fraction of sp³-hybridized carbons (Fsp3) is 0.320. The lowest BCUT2D eigenvalue weighted by atomic mass is 10.0. The molecular formula is C25H26FN3O4S. The van der Waals surface area contributed by atoms with E-state index in [9.17, 15) is 18.8 Å². The number of rotatable bonds is 9. The largest absolute Gasteiger partial charge is 0.459 e. The Balaban J connectivity index is 1.62. The standard InChI is InChI=1S/C25H26FN3O4S/c26-20-11-4-3-10-19(20)23(25(32)28-17-7-1-2-8-17)29(16-18-9-6-14-34-18)22(30)15-27-24(31)21-12-5-13-33-21/h3-6,9-14,17,23H,1-2,7-8,15-16H2,(H,27,31)(H,28,32). The average Bonchev–Trinajstić information content (AvgIpc) is 3.62. The molecule has 1 aromatic carbocycles. The summed E-state index contributed by atoms with van der Waals surface area (Å²) in [6.45, 7) is -0.267. The second-order valence-electron chi connectivity index (χ2n) is 8.18. The third-order valence-corrected chi connectivity index (χ3v) is 6.69. The molecule has 1 saturated carbocycles. The van der Waals surface area contributed by atoms with Crippen LogP contribution >= 0.6 is 11.3 Å². The Morgan fingerprint density at radius 1 is 1.09 bits per heavy atom. The SMILES string of the molecule is O=C(NCC(=O)N(Cc1cccs1)C(C(=O)NC1CCCC1)c1ccccc1F)c1ccco1. The molecule has 178 valence electrons. The predicted octanol–water partition coefficient (Wildman–Crippen LogP) is 4.04. The van der Waals surface area contributed by atoms with Gasteiger partial charge in [-0.1, -0.05) is 37.1 Å². The molecular weight excluding hydrogens is 457 g/mol. The molecule has 0 aliphatic heterocycles. The summed E-state index contributed by atoms with van der Waals surface area (Å²) in [5, 5.41) is 7.41. The van der Waals surface area contributed by atoms with Gasteiger partial charge in [0.1, 0.15) is 11.9 Å². The van der Waals surface area contributed by atoms with Crippen molar-refractivity contribution in [3.8, 4) is 0 Å². The number of benzene rings is 1. The van der Waals surface area contributed by atoms with Gasteiger partial charge < -0.3 is 20.0 Å². The minimum Gasteiger partial charge on any atom is -0.459 e. The van der Waals surface area contributed by atoms with Gasteiger partial charge in [-0.2, -0.15) is 0 Å². The van der Waals surface area contributed by atoms with Crippen molar-refractivity contribution in [1.29, 1.82) is 0 Å². The summed E-state index contributed by atoms with van der Waals surface area (Å²) >= 11 is 1.43. The van der Waals surface area contributed by atoms with E-state index in [4.69, 9.17) is 4.42 Å². The topological polar surface area (TPSA) is 91.7 Å². The number of hydrogen-bond acceptors (Lipinski definition) is 5. The number of carbonyl (C=O) groups is 3. The molecule has 1 atom stereocenters. The molecule has 0 radical (unpaired) electrons. The van der Waals surface area contributed by atoms with E-state index in [1.54, 1.807) is 18.2 Å². The predicted molar refractivity (Wildman–Crippen MR) is 125 cm³/mol. The number of amides is 3. The molecule has 1 aliphatic carbocycles. The lowest BCUT2D eigenvalue weighted by Gasteiger charge is -2.32. The summed E-state index contributed by atoms with van der Waals surface area (Å²) in [5.41, 5.74) is 0.111. The fourth-order valence-electron chi connectivity index (χ4n) is 4.14. The number of hydrogen-bond donors (Lipinski definition) is 2. The zero-order valence-electron chi connectivity index (χ0n) is 18.5. The highest BCUT2D eigenvalue weighted by Gasteiger charge is 2.35. The molecule has 3 amide bonds. The van der Waals surface area contributed by atoms with E-state index in [1.165, 1.54) is 40.7 Å². The quantitative estimate of drug-likeness (QED) is 0.481. The third kappa shape index (κ3) is 5.72. The van der Waals surface area contributed by atoms with Crippen LogP contribution in [-0.2, 0) is 16.1 Å². The second kappa shape index (κ2) is 11.1. The fourth-order valence-corrected chi connectivity index (χ4v) is 4.85. The molecule has 9 heteroatoms. The van der Waals surface area contributed by atoms with Gasteiger partial charge in [-0.05, 0) is 42.5 Å². The van der Waals surface area contributed by atoms with E-state index in [0.717, 1.165) is 30.6 Å². The number of carbonyl (C=O) groups excluding carboxylic acids is 3. The molecule has 7 nitrogen and oxygen atoms in total. The van der Waals surface area contributed by atoms with Crippen LogP contribution < -0.4 is 10.6 Å². The summed E-state index contributed by atoms with van der Waals surface area (Å²) < 4.78 is 20.0. The van der Waals surface area contributed by atoms with E-state index in [0.29, 0.717) is 0 Å². The Kier molecular flexibility index (Phi) is 7.74. The molecule has 4 rings (SSSR count). The number of nitrogens with one attached hydrogen (secondary N) is 2. The van der Waals surface area contributed by atoms with Crippen molar-refractivity contribution >= 4 is 29.1 Å². The van der Waals surface area contributed by atoms with Gasteiger partial charge in [0.25, 0.3) is 5.91 Å². The molecule has 34 heavy (non-hydrogen) atoms. The summed E-state index contributed by atoms with van der Waals surface area (Å²) in [6, 6.07) is 11.5. The van der Waals surface area contributed by atoms with Crippen LogP contribution in [0.25, 0.3) is 0 Å². The Bertz CT molecular complexity index is 1110. The van der Waals surface area contributed by atoms with E-state index < -0.39 is 29.6 Å². The average molecular weight is 484 g/mol. The van der Waals surface area contributed by atoms with Crippen molar-refractivity contribution in [2.45, 2.75) is 44.3 Å². The summed E-state index contributed by atoms with van der Waals surface area (Å²) in [6.07, 6.45) is 5.11. The maximum absolute atomic E-state index is 14.9. The lowest BCUT2D eigenvalue weighted by Crippen LogP contribution is -2.48. The minimum absolute atomic E-state index is 0.000816. The van der Waals surface area contributed by atoms with Crippen molar-refractivity contribution in [1.82, 2.24) is 15.5 Å². The molecule has 2 heterocycles. The summed E-state index contributed by atoms with van der Waals surface area (Å²) in [5.74, 6) is -1.99. The molecule has 1 fully saturated rings. The Labute approximate surface area is 200 Å². The summed E-state index contributed by atoms with van der Waals surface area (Å²) in [7, 11) is 0. The smallest absolute Gasteiger partial charge is 0.287 e. The van der Waals surface area contributed by atoms with Crippen LogP contribution in [0.4, 0.5) is 4.39 Å². The molecule has 2 N–H and O–H groups in total. The molecule has 1 unspecified atom stereocenters. The van der Waals surface area contributed by atoms with Gasteiger partial charge in [0.05, 0.1) is 19.4 Å². The van der Waals surface area contributed by atoms with Crippen LogP contribution in [0.5, 0.6) is 0 Å². The van der Waals surface area contributed by atoms with Crippen LogP contribution in [-0.4, -0.2) is 35.2 Å². The number of thiophene rings is 1. The Morgan fingerprint density at radius 3 is 2.56 bits per heavy atom. The van der Waals surface area contributed by atoms with Gasteiger partial charge in [0, 0.05) is 16.5 Å². The minimum atomic E-state index is -1.18. The zero-order chi connectivity index (χ0) is 23.9. The van der Waals surface area contributed by atoms with E-state index >= 15 is 0 Å². The molecule has 0 saturated heterocycles. The van der Waals surface area contributed by atoms with Crippen molar-refractivity contribution in [3.05, 3.63) is 82.2 Å². The molecule has 1 aliphatic rings. The molecule has 0 bridgehead atoms. The van der Waals surface area contributed by atoms with Crippen molar-refractivity contribution in [2.75, 3.05) is 6.54 Å². The van der Waals surface area contributed by atoms with Crippen LogP contribution in [0.1, 0.15) is 52.7 Å². The maximum atomic E-state index is 14.9. The van der Waals surface area contributed by atoms with Gasteiger partial charge in [-0.3, -0.25) is 14.4 Å². The monoisotopic (exact) mass is 483 g/mol. The highest BCUT2D eigenvalue weighted by Crippen LogP contribution is 2.28. The first-order valence-electron chi connectivity index (χ1n) is 11.2. The molecule has 0 spiro atoms. The Hall–Kier alpha value is -3.46. The summed E-state index contributed by atoms with van der Waals surface area (Å²) in [4.78, 5) is 41.3. The normalized spacial score (nSPS) is 14.5. The third-order valence-electron chi connectivity index (χ3n) is 5.83. The van der Waals surface area contributed by atoms with Crippen LogP contribution in [0.15, 0.2) is 64.6 Å². The van der Waals surface area contributed by atoms with Gasteiger partial charge in [0.2, 0.25) is 11.8 Å². The zero-order valence-corrected chi connectivity index (χ0v) is 19.4. The van der Waals surface area contributed by atoms with Crippen molar-refractivity contribution < 1.29 is 23.2 Å². The van der Waals surface area contributed by atoms with E-state index in [2.05, 4.69) is 10.6 Å². The second-order valence-corrected chi connectivity index (χ2v) is 9.21. The highest BCUT2D eigenvalue weighted by molar-refractivity contribution is 7.09. The van der Waals surface area contributed by atoms with E-state index in [-0.39, 0.29) is 30.5 Å². The first-order chi connectivity index (χ1) is 16.5. The maximum Gasteiger partial charge on any atom is 0.287 e. The van der Waals surface area contributed by atoms with Crippen molar-refractivity contribution in [2.24, 2.45) is 0 Å². The number of halogens is 1. The van der Waals surface area contributed by atoms with Gasteiger partial charge in [0.15, 0.2) is 5.76 Å². The first-order valence-corrected chi connectivity index (χ1v) is 12.1. The highest BCUT2D eigenvalue weighted by atomic mass is 32.1. The lowest BCUT2D eigenvalue weighted by molar-refractivity contribution is -0.141. The van der Waals surface area contributed by atoms with Gasteiger partial charge in [-0.25, -0.2) is 4.39 Å². The Morgan fingerprint density at radius 2 is 1.88 bits per heavy atom. The number of furan rings is 1. The van der Waals surface area contributed by atoms with Gasteiger partial charge in [-0.15, -0.1) is 11.3 Å². The van der Waals surface area contributed by atoms with Gasteiger partial charge >= 0.3 is 0 Å². The number of nitrogens with zero attached hydrogens (tertiary/aromatic N) is 1. The first kappa shape index (κ1) is 23.7.